The molecule has 7 N–H and O–H groups in total. The molecule has 1 heterocycles. The lowest BCUT2D eigenvalue weighted by Crippen LogP contribution is -2.34. The monoisotopic (exact) mass is 354 g/mol. The predicted molar refractivity (Wildman–Crippen MR) is 87.6 cm³/mol. The minimum Gasteiger partial charge on any atom is -0.370 e. The number of aromatic nitrogens is 1. The molecule has 0 atom stereocenters. The zero-order chi connectivity index (χ0) is 15.0. The highest BCUT2D eigenvalue weighted by Crippen LogP contribution is 2.21. The Morgan fingerprint density at radius 2 is 2.24 bits per heavy atom. The zero-order valence-electron chi connectivity index (χ0n) is 10.8. The van der Waals surface area contributed by atoms with Gasteiger partial charge < -0.3 is 22.5 Å². The van der Waals surface area contributed by atoms with Crippen LogP contribution in [0, 0.1) is 10.1 Å². The van der Waals surface area contributed by atoms with Gasteiger partial charge in [-0.3, -0.25) is 0 Å². The zero-order valence-corrected chi connectivity index (χ0v) is 13.2. The topological polar surface area (TPSA) is 171 Å². The first-order chi connectivity index (χ1) is 9.47. The number of nitrogens with two attached hydrogens (primary N) is 3. The molecule has 0 amide bonds. The molecule has 1 aromatic rings. The highest BCUT2D eigenvalue weighted by atomic mass is 35.5. The first-order valence-electron chi connectivity index (χ1n) is 5.31. The van der Waals surface area contributed by atoms with E-state index in [-0.39, 0.29) is 24.3 Å². The SMILES string of the molecule is Cl.NC(N)=Nc1nc(CSCCNC(N)=N[N+](=O)[O-])cs1. The van der Waals surface area contributed by atoms with Gasteiger partial charge in [0.25, 0.3) is 5.96 Å². The maximum absolute atomic E-state index is 10.0. The van der Waals surface area contributed by atoms with Gasteiger partial charge in [-0.1, -0.05) is 0 Å². The van der Waals surface area contributed by atoms with Gasteiger partial charge in [0.05, 0.1) is 5.69 Å². The molecule has 10 nitrogen and oxygen atoms in total. The van der Waals surface area contributed by atoms with Gasteiger partial charge in [0.1, 0.15) is 5.10 Å². The van der Waals surface area contributed by atoms with E-state index in [0.29, 0.717) is 23.2 Å². The Labute approximate surface area is 134 Å². The molecule has 1 rings (SSSR count). The Morgan fingerprint density at radius 1 is 1.52 bits per heavy atom. The summed E-state index contributed by atoms with van der Waals surface area (Å²) in [6.45, 7) is 0.471. The number of hydrazone groups is 1. The Bertz CT molecular complexity index is 516. The van der Waals surface area contributed by atoms with Crippen molar-refractivity contribution < 1.29 is 5.03 Å². The summed E-state index contributed by atoms with van der Waals surface area (Å²) < 4.78 is 0. The van der Waals surface area contributed by atoms with E-state index in [1.54, 1.807) is 11.8 Å². The van der Waals surface area contributed by atoms with Gasteiger partial charge in [0.2, 0.25) is 5.13 Å². The van der Waals surface area contributed by atoms with Crippen LogP contribution in [0.3, 0.4) is 0 Å². The molecule has 0 spiro atoms. The van der Waals surface area contributed by atoms with Crippen LogP contribution < -0.4 is 22.5 Å². The molecule has 0 fully saturated rings. The summed E-state index contributed by atoms with van der Waals surface area (Å²) in [5.41, 5.74) is 16.6. The van der Waals surface area contributed by atoms with E-state index in [9.17, 15) is 10.1 Å². The number of thioether (sulfide) groups is 1. The van der Waals surface area contributed by atoms with Crippen molar-refractivity contribution >= 4 is 52.6 Å². The van der Waals surface area contributed by atoms with Crippen LogP contribution in [0.4, 0.5) is 5.13 Å². The van der Waals surface area contributed by atoms with Crippen LogP contribution in [-0.4, -0.2) is 34.2 Å². The van der Waals surface area contributed by atoms with E-state index >= 15 is 0 Å². The number of aliphatic imine (C=N–C) groups is 1. The van der Waals surface area contributed by atoms with Gasteiger partial charge in [-0.25, -0.2) is 15.1 Å². The molecule has 0 bridgehead atoms. The molecule has 0 saturated carbocycles. The molecule has 13 heteroatoms. The molecule has 0 aromatic carbocycles. The van der Waals surface area contributed by atoms with E-state index in [2.05, 4.69) is 20.4 Å². The molecule has 1 aromatic heterocycles. The Morgan fingerprint density at radius 3 is 2.86 bits per heavy atom. The number of halogens is 1. The maximum Gasteiger partial charge on any atom is 0.266 e. The first-order valence-corrected chi connectivity index (χ1v) is 7.35. The lowest BCUT2D eigenvalue weighted by Gasteiger charge is -2.01. The van der Waals surface area contributed by atoms with Gasteiger partial charge in [0, 0.05) is 23.4 Å². The summed E-state index contributed by atoms with van der Waals surface area (Å²) in [6, 6.07) is 0. The van der Waals surface area contributed by atoms with Crippen LogP contribution in [0.15, 0.2) is 15.5 Å². The Hall–Kier alpha value is -1.79. The van der Waals surface area contributed by atoms with Gasteiger partial charge in [-0.15, -0.1) is 23.7 Å². The van der Waals surface area contributed by atoms with Gasteiger partial charge in [0.15, 0.2) is 11.0 Å². The summed E-state index contributed by atoms with van der Waals surface area (Å²) in [6.07, 6.45) is 0. The van der Waals surface area contributed by atoms with Gasteiger partial charge in [-0.05, 0) is 0 Å². The second-order valence-corrected chi connectivity index (χ2v) is 5.30. The van der Waals surface area contributed by atoms with Gasteiger partial charge >= 0.3 is 0 Å². The minimum absolute atomic E-state index is 0. The molecule has 0 aliphatic heterocycles. The van der Waals surface area contributed by atoms with Crippen LogP contribution in [0.5, 0.6) is 0 Å². The minimum atomic E-state index is -0.851. The summed E-state index contributed by atoms with van der Waals surface area (Å²) in [5, 5.41) is 17.1. The second kappa shape index (κ2) is 10.0. The third kappa shape index (κ3) is 8.88. The van der Waals surface area contributed by atoms with Crippen molar-refractivity contribution in [3.05, 3.63) is 21.2 Å². The van der Waals surface area contributed by atoms with Crippen molar-refractivity contribution in [3.8, 4) is 0 Å². The average Bonchev–Trinajstić information content (AvgIpc) is 2.74. The van der Waals surface area contributed by atoms with Crippen LogP contribution in [0.25, 0.3) is 0 Å². The fraction of sp³-hybridized carbons (Fsp3) is 0.375. The number of hydrogen-bond donors (Lipinski definition) is 4. The molecule has 0 saturated heterocycles. The third-order valence-corrected chi connectivity index (χ3v) is 3.53. The first kappa shape index (κ1) is 19.2. The molecule has 0 aliphatic carbocycles. The number of nitro groups is 1. The molecule has 0 unspecified atom stereocenters. The number of nitrogens with one attached hydrogen (secondary N) is 1. The van der Waals surface area contributed by atoms with E-state index in [1.165, 1.54) is 11.3 Å². The van der Waals surface area contributed by atoms with E-state index in [0.717, 1.165) is 5.69 Å². The van der Waals surface area contributed by atoms with Crippen molar-refractivity contribution in [1.29, 1.82) is 0 Å². The fourth-order valence-corrected chi connectivity index (χ4v) is 2.63. The van der Waals surface area contributed by atoms with Crippen molar-refractivity contribution in [3.63, 3.8) is 0 Å². The van der Waals surface area contributed by atoms with Crippen LogP contribution >= 0.6 is 35.5 Å². The smallest absolute Gasteiger partial charge is 0.266 e. The maximum atomic E-state index is 10.0. The predicted octanol–water partition coefficient (Wildman–Crippen LogP) is -0.201. The summed E-state index contributed by atoms with van der Waals surface area (Å²) >= 11 is 2.94. The largest absolute Gasteiger partial charge is 0.370 e. The molecular weight excluding hydrogens is 340 g/mol. The lowest BCUT2D eigenvalue weighted by atomic mass is 10.6. The Kier molecular flexibility index (Phi) is 9.16. The number of nitrogens with zero attached hydrogens (tertiary/aromatic N) is 4. The summed E-state index contributed by atoms with van der Waals surface area (Å²) in [5.74, 6) is 1.15. The van der Waals surface area contributed by atoms with Crippen molar-refractivity contribution in [2.75, 3.05) is 12.3 Å². The van der Waals surface area contributed by atoms with Crippen molar-refractivity contribution in [2.45, 2.75) is 5.75 Å². The number of guanidine groups is 2. The molecule has 118 valence electrons. The number of hydrogen-bond acceptors (Lipinski definition) is 6. The molecule has 0 radical (unpaired) electrons. The van der Waals surface area contributed by atoms with Crippen LogP contribution in [-0.2, 0) is 5.75 Å². The fourth-order valence-electron chi connectivity index (χ4n) is 1.08. The number of rotatable bonds is 7. The summed E-state index contributed by atoms with van der Waals surface area (Å²) in [4.78, 5) is 18.1. The normalized spacial score (nSPS) is 10.6. The van der Waals surface area contributed by atoms with E-state index in [1.807, 2.05) is 5.38 Å². The molecule has 21 heavy (non-hydrogen) atoms. The van der Waals surface area contributed by atoms with Crippen molar-refractivity contribution in [2.24, 2.45) is 27.3 Å². The standard InChI is InChI=1S/C8H14N8O2S2.ClH/c9-6(10)14-8-13-5(4-20-8)3-19-2-1-12-7(11)15-16(17)18;/h4H,1-3H2,(H3,11,12,15)(H4,9,10,13,14);1H. The highest BCUT2D eigenvalue weighted by molar-refractivity contribution is 7.98. The van der Waals surface area contributed by atoms with Crippen LogP contribution in [0.1, 0.15) is 5.69 Å². The average molecular weight is 355 g/mol. The highest BCUT2D eigenvalue weighted by Gasteiger charge is 2.02. The van der Waals surface area contributed by atoms with Crippen LogP contribution in [0.2, 0.25) is 0 Å². The van der Waals surface area contributed by atoms with Crippen molar-refractivity contribution in [1.82, 2.24) is 10.3 Å². The molecular formula is C8H15ClN8O2S2. The second-order valence-electron chi connectivity index (χ2n) is 3.36. The summed E-state index contributed by atoms with van der Waals surface area (Å²) in [7, 11) is 0. The van der Waals surface area contributed by atoms with E-state index in [4.69, 9.17) is 17.2 Å². The van der Waals surface area contributed by atoms with E-state index < -0.39 is 5.03 Å². The number of thiazole rings is 1. The lowest BCUT2D eigenvalue weighted by molar-refractivity contribution is -0.485. The van der Waals surface area contributed by atoms with Gasteiger partial charge in [-0.2, -0.15) is 16.8 Å². The quantitative estimate of drug-likeness (QED) is 0.171. The third-order valence-electron chi connectivity index (χ3n) is 1.76. The Balaban J connectivity index is 0.00000400. The molecule has 0 aliphatic rings.